The minimum atomic E-state index is -3.86. The molecule has 1 aliphatic heterocycles. The third-order valence-corrected chi connectivity index (χ3v) is 6.22. The highest BCUT2D eigenvalue weighted by atomic mass is 32.2. The van der Waals surface area contributed by atoms with Crippen LogP contribution in [0.1, 0.15) is 35.2 Å². The summed E-state index contributed by atoms with van der Waals surface area (Å²) in [6.07, 6.45) is 4.84. The molecular weight excluding hydrogens is 360 g/mol. The van der Waals surface area contributed by atoms with Gasteiger partial charge in [-0.3, -0.25) is 4.79 Å². The summed E-state index contributed by atoms with van der Waals surface area (Å²) in [5, 5.41) is 0. The Morgan fingerprint density at radius 2 is 1.44 bits per heavy atom. The lowest BCUT2D eigenvalue weighted by molar-refractivity contribution is 0.0982. The smallest absolute Gasteiger partial charge is 0.282 e. The molecule has 0 bridgehead atoms. The highest BCUT2D eigenvalue weighted by Crippen LogP contribution is 2.27. The van der Waals surface area contributed by atoms with Gasteiger partial charge < -0.3 is 4.90 Å². The number of sulfonamides is 1. The van der Waals surface area contributed by atoms with Crippen molar-refractivity contribution in [3.05, 3.63) is 77.5 Å². The second kappa shape index (κ2) is 7.12. The minimum Gasteiger partial charge on any atom is -0.368 e. The summed E-state index contributed by atoms with van der Waals surface area (Å²) in [6, 6.07) is 15.2. The van der Waals surface area contributed by atoms with E-state index in [0.717, 1.165) is 32.4 Å². The summed E-state index contributed by atoms with van der Waals surface area (Å²) in [7, 11) is -3.86. The Morgan fingerprint density at radius 3 is 2.15 bits per heavy atom. The number of piperidine rings is 1. The Bertz CT molecular complexity index is 1030. The Hall–Kier alpha value is -2.73. The Morgan fingerprint density at radius 1 is 0.815 bits per heavy atom. The van der Waals surface area contributed by atoms with E-state index in [-0.39, 0.29) is 10.7 Å². The van der Waals surface area contributed by atoms with Gasteiger partial charge in [0, 0.05) is 24.2 Å². The first-order chi connectivity index (χ1) is 13.1. The van der Waals surface area contributed by atoms with Gasteiger partial charge in [-0.05, 0) is 37.5 Å². The van der Waals surface area contributed by atoms with Crippen LogP contribution in [0.25, 0.3) is 0 Å². The molecule has 0 spiro atoms. The first-order valence-electron chi connectivity index (χ1n) is 9.07. The molecule has 1 aliphatic carbocycles. The molecule has 0 radical (unpaired) electrons. The maximum Gasteiger partial charge on any atom is 0.282 e. The lowest BCUT2D eigenvalue weighted by Gasteiger charge is -2.32. The van der Waals surface area contributed by atoms with Gasteiger partial charge in [0.25, 0.3) is 10.0 Å². The van der Waals surface area contributed by atoms with Crippen LogP contribution in [0.2, 0.25) is 0 Å². The molecule has 27 heavy (non-hydrogen) atoms. The summed E-state index contributed by atoms with van der Waals surface area (Å²) in [4.78, 5) is 15.2. The van der Waals surface area contributed by atoms with Crippen molar-refractivity contribution in [3.63, 3.8) is 0 Å². The van der Waals surface area contributed by atoms with E-state index >= 15 is 0 Å². The lowest BCUT2D eigenvalue weighted by Crippen LogP contribution is -2.35. The van der Waals surface area contributed by atoms with Crippen molar-refractivity contribution < 1.29 is 13.2 Å². The lowest BCUT2D eigenvalue weighted by atomic mass is 9.91. The summed E-state index contributed by atoms with van der Waals surface area (Å²) < 4.78 is 29.6. The van der Waals surface area contributed by atoms with Crippen LogP contribution in [0.3, 0.4) is 0 Å². The zero-order valence-electron chi connectivity index (χ0n) is 14.8. The predicted octanol–water partition coefficient (Wildman–Crippen LogP) is 3.43. The third kappa shape index (κ3) is 3.45. The molecule has 0 N–H and O–H groups in total. The molecule has 5 nitrogen and oxygen atoms in total. The first-order valence-corrected chi connectivity index (χ1v) is 10.5. The van der Waals surface area contributed by atoms with Crippen molar-refractivity contribution in [2.24, 2.45) is 4.40 Å². The highest BCUT2D eigenvalue weighted by molar-refractivity contribution is 7.90. The second-order valence-corrected chi connectivity index (χ2v) is 8.32. The number of allylic oxidation sites excluding steroid dienone is 2. The van der Waals surface area contributed by atoms with E-state index in [0.29, 0.717) is 22.5 Å². The first kappa shape index (κ1) is 17.7. The zero-order chi connectivity index (χ0) is 18.9. The van der Waals surface area contributed by atoms with Gasteiger partial charge in [-0.15, -0.1) is 0 Å². The van der Waals surface area contributed by atoms with Gasteiger partial charge in [0.05, 0.1) is 16.3 Å². The summed E-state index contributed by atoms with van der Waals surface area (Å²) in [6.45, 7) is 1.61. The number of nitrogens with zero attached hydrogens (tertiary/aromatic N) is 2. The quantitative estimate of drug-likeness (QED) is 0.818. The number of rotatable bonds is 3. The average molecular weight is 380 g/mol. The van der Waals surface area contributed by atoms with Gasteiger partial charge in [0.2, 0.25) is 5.78 Å². The van der Waals surface area contributed by atoms with Gasteiger partial charge in [-0.2, -0.15) is 12.8 Å². The van der Waals surface area contributed by atoms with Crippen LogP contribution in [-0.2, 0) is 10.0 Å². The van der Waals surface area contributed by atoms with E-state index in [1.807, 2.05) is 4.90 Å². The van der Waals surface area contributed by atoms with Gasteiger partial charge in [-0.25, -0.2) is 0 Å². The van der Waals surface area contributed by atoms with E-state index in [2.05, 4.69) is 4.40 Å². The molecule has 6 heteroatoms. The SMILES string of the molecule is O=C1C(N2CCCCC2)=CC(=NS(=O)(=O)c2ccccc2)c2ccccc21. The van der Waals surface area contributed by atoms with Gasteiger partial charge in [0.15, 0.2) is 0 Å². The molecule has 1 saturated heterocycles. The van der Waals surface area contributed by atoms with Crippen LogP contribution in [0.15, 0.2) is 75.7 Å². The molecule has 2 aliphatic rings. The average Bonchev–Trinajstić information content (AvgIpc) is 2.71. The zero-order valence-corrected chi connectivity index (χ0v) is 15.7. The van der Waals surface area contributed by atoms with Gasteiger partial charge >= 0.3 is 0 Å². The molecule has 0 unspecified atom stereocenters. The number of hydrogen-bond donors (Lipinski definition) is 0. The van der Waals surface area contributed by atoms with Gasteiger partial charge in [0.1, 0.15) is 0 Å². The predicted molar refractivity (Wildman–Crippen MR) is 104 cm³/mol. The molecule has 138 valence electrons. The number of Topliss-reactive ketones (excluding diaryl/α,β-unsaturated/α-hetero) is 1. The van der Waals surface area contributed by atoms with Crippen molar-refractivity contribution >= 4 is 21.5 Å². The number of fused-ring (bicyclic) bond motifs is 1. The monoisotopic (exact) mass is 380 g/mol. The summed E-state index contributed by atoms with van der Waals surface area (Å²) in [5.74, 6) is -0.0661. The standard InChI is InChI=1S/C21H20N2O3S/c24-21-18-12-6-5-11-17(18)19(15-20(21)23-13-7-2-8-14-23)22-27(25,26)16-9-3-1-4-10-16/h1,3-6,9-12,15H,2,7-8,13-14H2. The van der Waals surface area contributed by atoms with Crippen molar-refractivity contribution in [3.8, 4) is 0 Å². The van der Waals surface area contributed by atoms with Crippen molar-refractivity contribution in [2.45, 2.75) is 24.2 Å². The number of benzene rings is 2. The molecule has 1 fully saturated rings. The van der Waals surface area contributed by atoms with Crippen LogP contribution < -0.4 is 0 Å². The Kier molecular flexibility index (Phi) is 4.66. The Labute approximate surface area is 159 Å². The molecule has 0 saturated carbocycles. The normalized spacial score (nSPS) is 19.0. The fraction of sp³-hybridized carbons (Fsp3) is 0.238. The molecule has 2 aromatic rings. The van der Waals surface area contributed by atoms with Crippen molar-refractivity contribution in [1.29, 1.82) is 0 Å². The molecule has 2 aromatic carbocycles. The van der Waals surface area contributed by atoms with Crippen LogP contribution >= 0.6 is 0 Å². The topological polar surface area (TPSA) is 66.8 Å². The third-order valence-electron chi connectivity index (χ3n) is 4.91. The fourth-order valence-corrected chi connectivity index (χ4v) is 4.55. The summed E-state index contributed by atoms with van der Waals surface area (Å²) in [5.41, 5.74) is 1.91. The number of likely N-dealkylation sites (tertiary alicyclic amines) is 1. The maximum atomic E-state index is 13.0. The van der Waals surface area contributed by atoms with Crippen LogP contribution in [0, 0.1) is 0 Å². The maximum absolute atomic E-state index is 13.0. The Balaban J connectivity index is 1.84. The van der Waals surface area contributed by atoms with E-state index < -0.39 is 10.0 Å². The minimum absolute atomic E-state index is 0.0661. The van der Waals surface area contributed by atoms with Crippen LogP contribution in [0.4, 0.5) is 0 Å². The summed E-state index contributed by atoms with van der Waals surface area (Å²) >= 11 is 0. The number of carbonyl (C=O) groups excluding carboxylic acids is 1. The van der Waals surface area contributed by atoms with Gasteiger partial charge in [-0.1, -0.05) is 42.5 Å². The molecule has 0 atom stereocenters. The van der Waals surface area contributed by atoms with E-state index in [1.165, 1.54) is 12.1 Å². The number of ketones is 1. The van der Waals surface area contributed by atoms with E-state index in [1.54, 1.807) is 48.5 Å². The molecule has 0 aromatic heterocycles. The number of hydrogen-bond acceptors (Lipinski definition) is 4. The van der Waals surface area contributed by atoms with Crippen LogP contribution in [-0.4, -0.2) is 37.9 Å². The van der Waals surface area contributed by atoms with Crippen LogP contribution in [0.5, 0.6) is 0 Å². The molecule has 1 heterocycles. The molecule has 0 amide bonds. The molecular formula is C21H20N2O3S. The van der Waals surface area contributed by atoms with E-state index in [9.17, 15) is 13.2 Å². The van der Waals surface area contributed by atoms with E-state index in [4.69, 9.17) is 0 Å². The molecule has 4 rings (SSSR count). The second-order valence-electron chi connectivity index (χ2n) is 6.72. The number of carbonyl (C=O) groups is 1. The largest absolute Gasteiger partial charge is 0.368 e. The van der Waals surface area contributed by atoms with Crippen molar-refractivity contribution in [1.82, 2.24) is 4.90 Å². The van der Waals surface area contributed by atoms with Crippen molar-refractivity contribution in [2.75, 3.05) is 13.1 Å². The fourth-order valence-electron chi connectivity index (χ4n) is 3.54. The highest BCUT2D eigenvalue weighted by Gasteiger charge is 2.29.